The number of carbonyl (C=O) groups is 1. The van der Waals surface area contributed by atoms with Crippen LogP contribution < -0.4 is 9.64 Å². The molecule has 0 radical (unpaired) electrons. The zero-order valence-corrected chi connectivity index (χ0v) is 15.0. The lowest BCUT2D eigenvalue weighted by Gasteiger charge is -2.23. The number of halogens is 1. The molecule has 3 rings (SSSR count). The van der Waals surface area contributed by atoms with Crippen LogP contribution >= 0.6 is 11.6 Å². The van der Waals surface area contributed by atoms with Crippen molar-refractivity contribution in [3.05, 3.63) is 89.7 Å². The van der Waals surface area contributed by atoms with Crippen molar-refractivity contribution in [1.29, 1.82) is 0 Å². The van der Waals surface area contributed by atoms with Gasteiger partial charge in [0.1, 0.15) is 5.75 Å². The molecule has 0 spiro atoms. The molecule has 0 N–H and O–H groups in total. The Morgan fingerprint density at radius 3 is 2.38 bits per heavy atom. The zero-order chi connectivity index (χ0) is 18.2. The molecule has 3 aromatic rings. The summed E-state index contributed by atoms with van der Waals surface area (Å²) in [7, 11) is 0. The van der Waals surface area contributed by atoms with Crippen LogP contribution in [-0.2, 0) is 11.2 Å². The fraction of sp³-hybridized carbons (Fsp3) is 0.143. The average molecular weight is 367 g/mol. The molecule has 4 nitrogen and oxygen atoms in total. The van der Waals surface area contributed by atoms with E-state index in [9.17, 15) is 4.79 Å². The van der Waals surface area contributed by atoms with Crippen LogP contribution in [0.5, 0.6) is 5.75 Å². The Balaban J connectivity index is 1.67. The van der Waals surface area contributed by atoms with Gasteiger partial charge >= 0.3 is 0 Å². The highest BCUT2D eigenvalue weighted by Gasteiger charge is 2.16. The first-order valence-corrected chi connectivity index (χ1v) is 8.74. The molecular weight excluding hydrogens is 348 g/mol. The Bertz CT molecular complexity index is 824. The third-order valence-electron chi connectivity index (χ3n) is 3.86. The highest BCUT2D eigenvalue weighted by molar-refractivity contribution is 6.30. The van der Waals surface area contributed by atoms with Crippen LogP contribution in [0.3, 0.4) is 0 Å². The SMILES string of the molecule is O=C(COc1ccc(Cl)cc1)N(CCc1ccccn1)c1ccccc1. The number of ether oxygens (including phenoxy) is 1. The molecule has 0 fully saturated rings. The predicted molar refractivity (Wildman–Crippen MR) is 104 cm³/mol. The number of anilines is 1. The average Bonchev–Trinajstić information content (AvgIpc) is 2.69. The van der Waals surface area contributed by atoms with E-state index in [1.54, 1.807) is 35.4 Å². The van der Waals surface area contributed by atoms with Crippen molar-refractivity contribution >= 4 is 23.2 Å². The van der Waals surface area contributed by atoms with Crippen LogP contribution in [0.25, 0.3) is 0 Å². The van der Waals surface area contributed by atoms with Crippen molar-refractivity contribution in [3.63, 3.8) is 0 Å². The quantitative estimate of drug-likeness (QED) is 0.622. The number of para-hydroxylation sites is 1. The van der Waals surface area contributed by atoms with Crippen molar-refractivity contribution < 1.29 is 9.53 Å². The third-order valence-corrected chi connectivity index (χ3v) is 4.11. The topological polar surface area (TPSA) is 42.4 Å². The number of benzene rings is 2. The van der Waals surface area contributed by atoms with E-state index in [4.69, 9.17) is 16.3 Å². The second-order valence-corrected chi connectivity index (χ2v) is 6.13. The molecule has 0 bridgehead atoms. The third kappa shape index (κ3) is 5.07. The first-order valence-electron chi connectivity index (χ1n) is 8.36. The summed E-state index contributed by atoms with van der Waals surface area (Å²) >= 11 is 5.87. The molecule has 2 aromatic carbocycles. The van der Waals surface area contributed by atoms with Gasteiger partial charge in [-0.3, -0.25) is 9.78 Å². The number of hydrogen-bond acceptors (Lipinski definition) is 3. The summed E-state index contributed by atoms with van der Waals surface area (Å²) in [6, 6.07) is 22.3. The minimum Gasteiger partial charge on any atom is -0.484 e. The van der Waals surface area contributed by atoms with Gasteiger partial charge in [0.25, 0.3) is 5.91 Å². The lowest BCUT2D eigenvalue weighted by Crippen LogP contribution is -2.36. The standard InChI is InChI=1S/C21H19ClN2O2/c22-17-9-11-20(12-10-17)26-16-21(25)24(19-7-2-1-3-8-19)15-13-18-6-4-5-14-23-18/h1-12,14H,13,15-16H2. The molecule has 0 atom stereocenters. The smallest absolute Gasteiger partial charge is 0.264 e. The van der Waals surface area contributed by atoms with E-state index in [0.717, 1.165) is 11.4 Å². The Kier molecular flexibility index (Phi) is 6.23. The molecule has 26 heavy (non-hydrogen) atoms. The first-order chi connectivity index (χ1) is 12.7. The maximum absolute atomic E-state index is 12.8. The Morgan fingerprint density at radius 1 is 0.962 bits per heavy atom. The Hall–Kier alpha value is -2.85. The van der Waals surface area contributed by atoms with Crippen LogP contribution in [0.15, 0.2) is 79.0 Å². The van der Waals surface area contributed by atoms with Crippen LogP contribution in [0.2, 0.25) is 5.02 Å². The van der Waals surface area contributed by atoms with Gasteiger partial charge in [0.2, 0.25) is 0 Å². The Morgan fingerprint density at radius 2 is 1.69 bits per heavy atom. The minimum atomic E-state index is -0.109. The van der Waals surface area contributed by atoms with E-state index in [2.05, 4.69) is 4.98 Å². The molecular formula is C21H19ClN2O2. The van der Waals surface area contributed by atoms with Crippen molar-refractivity contribution in [3.8, 4) is 5.75 Å². The minimum absolute atomic E-state index is 0.0429. The molecule has 0 aliphatic heterocycles. The number of pyridine rings is 1. The van der Waals surface area contributed by atoms with Crippen LogP contribution in [-0.4, -0.2) is 24.0 Å². The van der Waals surface area contributed by atoms with Gasteiger partial charge in [-0.1, -0.05) is 35.9 Å². The number of nitrogens with zero attached hydrogens (tertiary/aromatic N) is 2. The molecule has 0 aliphatic carbocycles. The summed E-state index contributed by atoms with van der Waals surface area (Å²) in [5.74, 6) is 0.502. The van der Waals surface area contributed by atoms with Gasteiger partial charge in [-0.25, -0.2) is 0 Å². The van der Waals surface area contributed by atoms with E-state index in [-0.39, 0.29) is 12.5 Å². The number of aromatic nitrogens is 1. The van der Waals surface area contributed by atoms with Crippen molar-refractivity contribution in [2.24, 2.45) is 0 Å². The van der Waals surface area contributed by atoms with Crippen LogP contribution in [0, 0.1) is 0 Å². The van der Waals surface area contributed by atoms with Gasteiger partial charge in [-0.05, 0) is 48.5 Å². The maximum atomic E-state index is 12.8. The number of amides is 1. The van der Waals surface area contributed by atoms with Gasteiger partial charge in [0.05, 0.1) is 0 Å². The second kappa shape index (κ2) is 9.02. The maximum Gasteiger partial charge on any atom is 0.264 e. The van der Waals surface area contributed by atoms with E-state index in [0.29, 0.717) is 23.7 Å². The number of hydrogen-bond donors (Lipinski definition) is 0. The summed E-state index contributed by atoms with van der Waals surface area (Å²) in [6.07, 6.45) is 2.43. The van der Waals surface area contributed by atoms with Crippen molar-refractivity contribution in [1.82, 2.24) is 4.98 Å². The summed E-state index contributed by atoms with van der Waals surface area (Å²) < 4.78 is 5.61. The van der Waals surface area contributed by atoms with Crippen LogP contribution in [0.4, 0.5) is 5.69 Å². The molecule has 0 unspecified atom stereocenters. The van der Waals surface area contributed by atoms with E-state index in [1.807, 2.05) is 48.5 Å². The summed E-state index contributed by atoms with van der Waals surface area (Å²) in [4.78, 5) is 18.8. The van der Waals surface area contributed by atoms with Gasteiger partial charge in [-0.15, -0.1) is 0 Å². The fourth-order valence-electron chi connectivity index (χ4n) is 2.53. The summed E-state index contributed by atoms with van der Waals surface area (Å²) in [5, 5.41) is 0.630. The predicted octanol–water partition coefficient (Wildman–Crippen LogP) is 4.39. The lowest BCUT2D eigenvalue weighted by molar-refractivity contribution is -0.120. The second-order valence-electron chi connectivity index (χ2n) is 5.69. The van der Waals surface area contributed by atoms with Crippen molar-refractivity contribution in [2.45, 2.75) is 6.42 Å². The summed E-state index contributed by atoms with van der Waals surface area (Å²) in [5.41, 5.74) is 1.79. The Labute approximate surface area is 158 Å². The van der Waals surface area contributed by atoms with Gasteiger partial charge in [0, 0.05) is 35.6 Å². The van der Waals surface area contributed by atoms with E-state index < -0.39 is 0 Å². The van der Waals surface area contributed by atoms with Crippen molar-refractivity contribution in [2.75, 3.05) is 18.1 Å². The molecule has 5 heteroatoms. The normalized spacial score (nSPS) is 10.3. The van der Waals surface area contributed by atoms with E-state index >= 15 is 0 Å². The van der Waals surface area contributed by atoms with E-state index in [1.165, 1.54) is 0 Å². The lowest BCUT2D eigenvalue weighted by atomic mass is 10.2. The molecule has 0 saturated carbocycles. The van der Waals surface area contributed by atoms with Gasteiger partial charge in [-0.2, -0.15) is 0 Å². The monoisotopic (exact) mass is 366 g/mol. The molecule has 1 heterocycles. The van der Waals surface area contributed by atoms with Gasteiger partial charge in [0.15, 0.2) is 6.61 Å². The first kappa shape index (κ1) is 18.0. The van der Waals surface area contributed by atoms with Gasteiger partial charge < -0.3 is 9.64 Å². The molecule has 1 aromatic heterocycles. The molecule has 132 valence electrons. The van der Waals surface area contributed by atoms with Crippen LogP contribution in [0.1, 0.15) is 5.69 Å². The largest absolute Gasteiger partial charge is 0.484 e. The molecule has 0 saturated heterocycles. The molecule has 1 amide bonds. The zero-order valence-electron chi connectivity index (χ0n) is 14.2. The number of carbonyl (C=O) groups excluding carboxylic acids is 1. The highest BCUT2D eigenvalue weighted by Crippen LogP contribution is 2.17. The summed E-state index contributed by atoms with van der Waals surface area (Å²) in [6.45, 7) is 0.489. The number of rotatable bonds is 7. The highest BCUT2D eigenvalue weighted by atomic mass is 35.5. The molecule has 0 aliphatic rings. The fourth-order valence-corrected chi connectivity index (χ4v) is 2.66.